The normalized spacial score (nSPS) is 12.8. The number of hydrogen-bond acceptors (Lipinski definition) is 6. The first-order valence-corrected chi connectivity index (χ1v) is 21.6. The van der Waals surface area contributed by atoms with Crippen LogP contribution in [0.2, 0.25) is 0 Å². The Morgan fingerprint density at radius 3 is 0.940 bits per heavy atom. The number of rotatable bonds is 17. The molecule has 0 radical (unpaired) electrons. The second-order valence-corrected chi connectivity index (χ2v) is 19.8. The van der Waals surface area contributed by atoms with Crippen molar-refractivity contribution < 1.29 is 25.3 Å². The number of sulfonamides is 3. The molecule has 0 unspecified atom stereocenters. The predicted molar refractivity (Wildman–Crippen MR) is 203 cm³/mol. The van der Waals surface area contributed by atoms with E-state index < -0.39 is 30.1 Å². The van der Waals surface area contributed by atoms with Crippen molar-refractivity contribution in [1.82, 2.24) is 12.9 Å². The van der Waals surface area contributed by atoms with E-state index in [0.29, 0.717) is 75.6 Å². The van der Waals surface area contributed by atoms with Crippen LogP contribution in [0.25, 0.3) is 0 Å². The second-order valence-electron chi connectivity index (χ2n) is 14.0. The number of nitrogens with zero attached hydrogens (tertiary/aromatic N) is 3. The molecule has 0 aromatic heterocycles. The largest absolute Gasteiger partial charge is 0.243 e. The fourth-order valence-electron chi connectivity index (χ4n) is 7.18. The van der Waals surface area contributed by atoms with Gasteiger partial charge in [-0.25, -0.2) is 33.9 Å². The first-order chi connectivity index (χ1) is 23.1. The predicted octanol–water partition coefficient (Wildman–Crippen LogP) is 7.04. The SMILES string of the molecule is Cc1cc(C)c(S(=O)(=O)N(C)CCCCCN(CCCCN(C)S(=O)(=O)c2c(C)cc(C)cc2C)S(=O)(=O)c2c(C)cc(C)cc2C)c(C)c1. The Labute approximate surface area is 302 Å². The van der Waals surface area contributed by atoms with Gasteiger partial charge in [0.05, 0.1) is 14.7 Å². The van der Waals surface area contributed by atoms with Crippen molar-refractivity contribution in [3.63, 3.8) is 0 Å². The van der Waals surface area contributed by atoms with Crippen molar-refractivity contribution in [2.24, 2.45) is 0 Å². The highest BCUT2D eigenvalue weighted by Crippen LogP contribution is 2.28. The Balaban J connectivity index is 1.70. The standard InChI is InChI=1S/C38H57N3O6S3/c1-27-21-30(4)36(31(5)22-27)48(42,43)39(10)17-13-12-14-19-41(50(46,47)38-34(8)25-29(3)26-35(38)9)20-16-15-18-40(11)49(44,45)37-32(6)23-28(2)24-33(37)7/h21-26H,12-20H2,1-11H3. The molecule has 0 amide bonds. The number of hydrogen-bond donors (Lipinski definition) is 0. The zero-order chi connectivity index (χ0) is 37.8. The minimum absolute atomic E-state index is 0.242. The van der Waals surface area contributed by atoms with E-state index in [1.807, 2.05) is 84.9 Å². The zero-order valence-corrected chi connectivity index (χ0v) is 34.3. The summed E-state index contributed by atoms with van der Waals surface area (Å²) in [6, 6.07) is 11.2. The van der Waals surface area contributed by atoms with E-state index in [1.165, 1.54) is 12.9 Å². The summed E-state index contributed by atoms with van der Waals surface area (Å²) >= 11 is 0. The molecule has 0 aliphatic carbocycles. The number of unbranched alkanes of at least 4 members (excludes halogenated alkanes) is 3. The molecule has 12 heteroatoms. The molecule has 0 saturated carbocycles. The minimum Gasteiger partial charge on any atom is -0.207 e. The monoisotopic (exact) mass is 747 g/mol. The van der Waals surface area contributed by atoms with Gasteiger partial charge in [-0.3, -0.25) is 0 Å². The van der Waals surface area contributed by atoms with Crippen LogP contribution in [0.15, 0.2) is 51.1 Å². The molecule has 278 valence electrons. The van der Waals surface area contributed by atoms with E-state index in [2.05, 4.69) is 0 Å². The van der Waals surface area contributed by atoms with Crippen LogP contribution in [0.3, 0.4) is 0 Å². The van der Waals surface area contributed by atoms with Crippen molar-refractivity contribution in [3.05, 3.63) is 86.5 Å². The smallest absolute Gasteiger partial charge is 0.207 e. The Kier molecular flexibility index (Phi) is 14.1. The maximum absolute atomic E-state index is 14.1. The molecule has 0 spiro atoms. The molecule has 50 heavy (non-hydrogen) atoms. The Morgan fingerprint density at radius 2 is 0.620 bits per heavy atom. The summed E-state index contributed by atoms with van der Waals surface area (Å²) < 4.78 is 86.3. The van der Waals surface area contributed by atoms with Crippen LogP contribution in [-0.4, -0.2) is 78.4 Å². The van der Waals surface area contributed by atoms with Gasteiger partial charge in [-0.2, -0.15) is 4.31 Å². The molecule has 0 aliphatic rings. The molecule has 3 aromatic rings. The lowest BCUT2D eigenvalue weighted by molar-refractivity contribution is 0.372. The van der Waals surface area contributed by atoms with Gasteiger partial charge in [0.15, 0.2) is 0 Å². The van der Waals surface area contributed by atoms with Crippen molar-refractivity contribution in [2.45, 2.75) is 109 Å². The van der Waals surface area contributed by atoms with Crippen molar-refractivity contribution in [2.75, 3.05) is 40.3 Å². The first kappa shape index (κ1) is 41.8. The van der Waals surface area contributed by atoms with Gasteiger partial charge >= 0.3 is 0 Å². The molecule has 0 atom stereocenters. The van der Waals surface area contributed by atoms with Crippen LogP contribution in [0.5, 0.6) is 0 Å². The summed E-state index contributed by atoms with van der Waals surface area (Å²) in [6.45, 7) is 17.8. The van der Waals surface area contributed by atoms with E-state index in [-0.39, 0.29) is 19.6 Å². The van der Waals surface area contributed by atoms with Crippen LogP contribution < -0.4 is 0 Å². The molecule has 0 bridgehead atoms. The van der Waals surface area contributed by atoms with Crippen molar-refractivity contribution >= 4 is 30.1 Å². The molecule has 0 aliphatic heterocycles. The number of benzene rings is 3. The van der Waals surface area contributed by atoms with Gasteiger partial charge in [0, 0.05) is 40.3 Å². The highest BCUT2D eigenvalue weighted by molar-refractivity contribution is 7.89. The summed E-state index contributed by atoms with van der Waals surface area (Å²) in [5.41, 5.74) is 7.25. The van der Waals surface area contributed by atoms with E-state index in [0.717, 1.165) is 27.8 Å². The van der Waals surface area contributed by atoms with E-state index in [9.17, 15) is 25.3 Å². The average Bonchev–Trinajstić information content (AvgIpc) is 2.95. The van der Waals surface area contributed by atoms with Gasteiger partial charge in [-0.05, 0) is 121 Å². The van der Waals surface area contributed by atoms with E-state index in [1.54, 1.807) is 27.9 Å². The van der Waals surface area contributed by atoms with E-state index >= 15 is 0 Å². The topological polar surface area (TPSA) is 112 Å². The highest BCUT2D eigenvalue weighted by atomic mass is 32.2. The minimum atomic E-state index is -3.85. The Morgan fingerprint density at radius 1 is 0.380 bits per heavy atom. The Hall–Kier alpha value is -2.61. The van der Waals surface area contributed by atoms with Gasteiger partial charge in [0.25, 0.3) is 0 Å². The maximum Gasteiger partial charge on any atom is 0.243 e. The van der Waals surface area contributed by atoms with Gasteiger partial charge in [0.2, 0.25) is 30.1 Å². The lowest BCUT2D eigenvalue weighted by atomic mass is 10.1. The fourth-order valence-corrected chi connectivity index (χ4v) is 12.3. The van der Waals surface area contributed by atoms with Crippen LogP contribution in [-0.2, 0) is 30.1 Å². The van der Waals surface area contributed by atoms with Crippen LogP contribution in [0.4, 0.5) is 0 Å². The molecule has 0 heterocycles. The van der Waals surface area contributed by atoms with E-state index in [4.69, 9.17) is 0 Å². The maximum atomic E-state index is 14.1. The van der Waals surface area contributed by atoms with Crippen LogP contribution in [0, 0.1) is 62.3 Å². The zero-order valence-electron chi connectivity index (χ0n) is 31.8. The van der Waals surface area contributed by atoms with Crippen molar-refractivity contribution in [1.29, 1.82) is 0 Å². The van der Waals surface area contributed by atoms with Crippen LogP contribution in [0.1, 0.15) is 82.2 Å². The lowest BCUT2D eigenvalue weighted by Crippen LogP contribution is -2.35. The second kappa shape index (κ2) is 16.8. The lowest BCUT2D eigenvalue weighted by Gasteiger charge is -2.25. The third-order valence-electron chi connectivity index (χ3n) is 9.26. The number of aryl methyl sites for hydroxylation is 9. The average molecular weight is 748 g/mol. The van der Waals surface area contributed by atoms with Gasteiger partial charge in [-0.1, -0.05) is 59.5 Å². The van der Waals surface area contributed by atoms with Gasteiger partial charge in [-0.15, -0.1) is 0 Å². The van der Waals surface area contributed by atoms with Gasteiger partial charge < -0.3 is 0 Å². The molecule has 3 aromatic carbocycles. The quantitative estimate of drug-likeness (QED) is 0.137. The van der Waals surface area contributed by atoms with Gasteiger partial charge in [0.1, 0.15) is 0 Å². The van der Waals surface area contributed by atoms with Crippen LogP contribution >= 0.6 is 0 Å². The first-order valence-electron chi connectivity index (χ1n) is 17.3. The molecule has 9 nitrogen and oxygen atoms in total. The molecular formula is C38H57N3O6S3. The summed E-state index contributed by atoms with van der Waals surface area (Å²) in [4.78, 5) is 0.972. The highest BCUT2D eigenvalue weighted by Gasteiger charge is 2.29. The summed E-state index contributed by atoms with van der Waals surface area (Å²) in [7, 11) is -8.07. The summed E-state index contributed by atoms with van der Waals surface area (Å²) in [6.07, 6.45) is 2.74. The molecule has 0 saturated heterocycles. The fraction of sp³-hybridized carbons (Fsp3) is 0.526. The van der Waals surface area contributed by atoms with Crippen molar-refractivity contribution in [3.8, 4) is 0 Å². The summed E-state index contributed by atoms with van der Waals surface area (Å²) in [5.74, 6) is 0. The summed E-state index contributed by atoms with van der Waals surface area (Å²) in [5, 5.41) is 0. The molecule has 0 N–H and O–H groups in total. The third-order valence-corrected chi connectivity index (χ3v) is 15.8. The third kappa shape index (κ3) is 9.63. The molecular weight excluding hydrogens is 691 g/mol. The molecule has 3 rings (SSSR count). The molecule has 0 fully saturated rings. The Bertz CT molecular complexity index is 1950.